The molecule has 0 spiro atoms. The second-order valence-corrected chi connectivity index (χ2v) is 3.82. The monoisotopic (exact) mass is 212 g/mol. The maximum Gasteiger partial charge on any atom is 0.306 e. The van der Waals surface area contributed by atoms with Gasteiger partial charge in [0.2, 0.25) is 0 Å². The van der Waals surface area contributed by atoms with Crippen molar-refractivity contribution in [3.63, 3.8) is 0 Å². The summed E-state index contributed by atoms with van der Waals surface area (Å²) in [7, 11) is 0. The van der Waals surface area contributed by atoms with Crippen molar-refractivity contribution >= 4 is 5.97 Å². The van der Waals surface area contributed by atoms with Crippen LogP contribution in [-0.4, -0.2) is 12.6 Å². The van der Waals surface area contributed by atoms with Gasteiger partial charge in [-0.3, -0.25) is 4.79 Å². The highest BCUT2D eigenvalue weighted by atomic mass is 16.5. The van der Waals surface area contributed by atoms with E-state index in [9.17, 15) is 4.79 Å². The smallest absolute Gasteiger partial charge is 0.306 e. The SMILES string of the molecule is C=CCCC(=O)OCCCCCCCC. The van der Waals surface area contributed by atoms with Crippen molar-refractivity contribution in [1.29, 1.82) is 0 Å². The lowest BCUT2D eigenvalue weighted by molar-refractivity contribution is -0.143. The van der Waals surface area contributed by atoms with Crippen molar-refractivity contribution < 1.29 is 9.53 Å². The lowest BCUT2D eigenvalue weighted by Crippen LogP contribution is -2.04. The third kappa shape index (κ3) is 11.1. The summed E-state index contributed by atoms with van der Waals surface area (Å²) >= 11 is 0. The zero-order valence-electron chi connectivity index (χ0n) is 9.96. The van der Waals surface area contributed by atoms with Crippen LogP contribution >= 0.6 is 0 Å². The zero-order chi connectivity index (χ0) is 11.4. The highest BCUT2D eigenvalue weighted by Crippen LogP contribution is 2.05. The Morgan fingerprint density at radius 2 is 1.87 bits per heavy atom. The summed E-state index contributed by atoms with van der Waals surface area (Å²) in [5.74, 6) is -0.0940. The van der Waals surface area contributed by atoms with Crippen molar-refractivity contribution in [1.82, 2.24) is 0 Å². The minimum Gasteiger partial charge on any atom is -0.466 e. The van der Waals surface area contributed by atoms with E-state index in [1.807, 2.05) is 0 Å². The third-order valence-electron chi connectivity index (χ3n) is 2.31. The first kappa shape index (κ1) is 14.2. The number of unbranched alkanes of at least 4 members (excludes halogenated alkanes) is 5. The molecule has 2 heteroatoms. The number of rotatable bonds is 10. The van der Waals surface area contributed by atoms with Crippen LogP contribution in [0.5, 0.6) is 0 Å². The van der Waals surface area contributed by atoms with Gasteiger partial charge in [-0.05, 0) is 12.8 Å². The van der Waals surface area contributed by atoms with Crippen molar-refractivity contribution in [3.8, 4) is 0 Å². The number of ether oxygens (including phenoxy) is 1. The Kier molecular flexibility index (Phi) is 10.7. The summed E-state index contributed by atoms with van der Waals surface area (Å²) in [5.41, 5.74) is 0. The van der Waals surface area contributed by atoms with Crippen molar-refractivity contribution in [2.75, 3.05) is 6.61 Å². The van der Waals surface area contributed by atoms with Gasteiger partial charge in [-0.25, -0.2) is 0 Å². The molecule has 0 aromatic carbocycles. The van der Waals surface area contributed by atoms with Crippen molar-refractivity contribution in [2.45, 2.75) is 58.3 Å². The number of carbonyl (C=O) groups excluding carboxylic acids is 1. The Bertz CT molecular complexity index is 164. The van der Waals surface area contributed by atoms with Gasteiger partial charge >= 0.3 is 5.97 Å². The number of hydrogen-bond acceptors (Lipinski definition) is 2. The molecule has 2 nitrogen and oxygen atoms in total. The van der Waals surface area contributed by atoms with E-state index in [1.54, 1.807) is 6.08 Å². The Morgan fingerprint density at radius 3 is 2.53 bits per heavy atom. The molecule has 0 aliphatic rings. The highest BCUT2D eigenvalue weighted by molar-refractivity contribution is 5.69. The van der Waals surface area contributed by atoms with E-state index in [1.165, 1.54) is 32.1 Å². The molecule has 0 atom stereocenters. The Labute approximate surface area is 93.7 Å². The Hall–Kier alpha value is -0.790. The first-order chi connectivity index (χ1) is 7.31. The summed E-state index contributed by atoms with van der Waals surface area (Å²) in [6.07, 6.45) is 10.3. The van der Waals surface area contributed by atoms with Gasteiger partial charge in [0.15, 0.2) is 0 Å². The van der Waals surface area contributed by atoms with Gasteiger partial charge in [0.25, 0.3) is 0 Å². The molecule has 0 aliphatic carbocycles. The average molecular weight is 212 g/mol. The number of esters is 1. The molecule has 0 rings (SSSR count). The van der Waals surface area contributed by atoms with Crippen LogP contribution < -0.4 is 0 Å². The van der Waals surface area contributed by atoms with Crippen LogP contribution in [0.4, 0.5) is 0 Å². The van der Waals surface area contributed by atoms with Crippen LogP contribution in [0.2, 0.25) is 0 Å². The first-order valence-corrected chi connectivity index (χ1v) is 6.07. The van der Waals surface area contributed by atoms with Crippen LogP contribution in [0.15, 0.2) is 12.7 Å². The van der Waals surface area contributed by atoms with Gasteiger partial charge in [0.05, 0.1) is 6.61 Å². The summed E-state index contributed by atoms with van der Waals surface area (Å²) in [6.45, 7) is 6.36. The standard InChI is InChI=1S/C13H24O2/c1-3-5-7-8-9-10-12-15-13(14)11-6-4-2/h4H,2-3,5-12H2,1H3. The van der Waals surface area contributed by atoms with Crippen LogP contribution in [0.3, 0.4) is 0 Å². The van der Waals surface area contributed by atoms with Gasteiger partial charge in [0.1, 0.15) is 0 Å². The summed E-state index contributed by atoms with van der Waals surface area (Å²) < 4.78 is 5.06. The topological polar surface area (TPSA) is 26.3 Å². The molecular weight excluding hydrogens is 188 g/mol. The molecule has 0 saturated carbocycles. The number of hydrogen-bond donors (Lipinski definition) is 0. The average Bonchev–Trinajstić information content (AvgIpc) is 2.25. The molecular formula is C13H24O2. The minimum absolute atomic E-state index is 0.0940. The van der Waals surface area contributed by atoms with Crippen molar-refractivity contribution in [2.24, 2.45) is 0 Å². The van der Waals surface area contributed by atoms with Crippen LogP contribution in [0.25, 0.3) is 0 Å². The lowest BCUT2D eigenvalue weighted by Gasteiger charge is -2.03. The Balaban J connectivity index is 3.09. The molecule has 0 heterocycles. The second-order valence-electron chi connectivity index (χ2n) is 3.82. The predicted molar refractivity (Wildman–Crippen MR) is 63.8 cm³/mol. The van der Waals surface area contributed by atoms with Gasteiger partial charge in [-0.15, -0.1) is 6.58 Å². The van der Waals surface area contributed by atoms with Gasteiger partial charge in [-0.2, -0.15) is 0 Å². The van der Waals surface area contributed by atoms with Crippen molar-refractivity contribution in [3.05, 3.63) is 12.7 Å². The van der Waals surface area contributed by atoms with Crippen LogP contribution in [-0.2, 0) is 9.53 Å². The maximum atomic E-state index is 11.1. The van der Waals surface area contributed by atoms with E-state index in [0.717, 1.165) is 12.8 Å². The molecule has 0 bridgehead atoms. The Morgan fingerprint density at radius 1 is 1.20 bits per heavy atom. The van der Waals surface area contributed by atoms with Gasteiger partial charge < -0.3 is 4.74 Å². The fraction of sp³-hybridized carbons (Fsp3) is 0.769. The van der Waals surface area contributed by atoms with Crippen LogP contribution in [0, 0.1) is 0 Å². The first-order valence-electron chi connectivity index (χ1n) is 6.07. The van der Waals surface area contributed by atoms with Gasteiger partial charge in [-0.1, -0.05) is 45.1 Å². The fourth-order valence-corrected chi connectivity index (χ4v) is 1.36. The molecule has 15 heavy (non-hydrogen) atoms. The highest BCUT2D eigenvalue weighted by Gasteiger charge is 1.99. The molecule has 0 aromatic heterocycles. The number of allylic oxidation sites excluding steroid dienone is 1. The minimum atomic E-state index is -0.0940. The molecule has 0 fully saturated rings. The second kappa shape index (κ2) is 11.3. The maximum absolute atomic E-state index is 11.1. The lowest BCUT2D eigenvalue weighted by atomic mass is 10.1. The van der Waals surface area contributed by atoms with Gasteiger partial charge in [0, 0.05) is 6.42 Å². The molecule has 0 aromatic rings. The predicted octanol–water partition coefficient (Wildman–Crippen LogP) is 3.86. The molecule has 88 valence electrons. The molecule has 0 radical (unpaired) electrons. The van der Waals surface area contributed by atoms with E-state index in [0.29, 0.717) is 13.0 Å². The summed E-state index contributed by atoms with van der Waals surface area (Å²) in [6, 6.07) is 0. The zero-order valence-corrected chi connectivity index (χ0v) is 9.96. The summed E-state index contributed by atoms with van der Waals surface area (Å²) in [5, 5.41) is 0. The fourth-order valence-electron chi connectivity index (χ4n) is 1.36. The third-order valence-corrected chi connectivity index (χ3v) is 2.31. The normalized spacial score (nSPS) is 9.93. The van der Waals surface area contributed by atoms with E-state index in [4.69, 9.17) is 4.74 Å². The van der Waals surface area contributed by atoms with E-state index >= 15 is 0 Å². The summed E-state index contributed by atoms with van der Waals surface area (Å²) in [4.78, 5) is 11.1. The number of carbonyl (C=O) groups is 1. The van der Waals surface area contributed by atoms with Crippen LogP contribution in [0.1, 0.15) is 58.3 Å². The molecule has 0 N–H and O–H groups in total. The quantitative estimate of drug-likeness (QED) is 0.312. The molecule has 0 amide bonds. The van der Waals surface area contributed by atoms with E-state index < -0.39 is 0 Å². The largest absolute Gasteiger partial charge is 0.466 e. The molecule has 0 aliphatic heterocycles. The van der Waals surface area contributed by atoms with E-state index in [2.05, 4.69) is 13.5 Å². The molecule has 0 unspecified atom stereocenters. The molecule has 0 saturated heterocycles. The van der Waals surface area contributed by atoms with E-state index in [-0.39, 0.29) is 5.97 Å².